The molecule has 1 aromatic carbocycles. The molecule has 1 aliphatic heterocycles. The van der Waals surface area contributed by atoms with Crippen LogP contribution in [0.4, 0.5) is 5.00 Å². The molecule has 0 spiro atoms. The van der Waals surface area contributed by atoms with Crippen LogP contribution in [0.5, 0.6) is 11.5 Å². The van der Waals surface area contributed by atoms with E-state index in [9.17, 15) is 9.59 Å². The minimum atomic E-state index is -0.359. The third-order valence-electron chi connectivity index (χ3n) is 4.96. The molecular formula is C22H23NO5S. The first kappa shape index (κ1) is 19.5. The lowest BCUT2D eigenvalue weighted by Crippen LogP contribution is -2.13. The van der Waals surface area contributed by atoms with Gasteiger partial charge in [-0.25, -0.2) is 4.79 Å². The van der Waals surface area contributed by atoms with E-state index in [1.54, 1.807) is 13.0 Å². The lowest BCUT2D eigenvalue weighted by molar-refractivity contribution is -0.111. The van der Waals surface area contributed by atoms with Crippen LogP contribution in [0.2, 0.25) is 0 Å². The van der Waals surface area contributed by atoms with E-state index >= 15 is 0 Å². The highest BCUT2D eigenvalue weighted by atomic mass is 32.1. The van der Waals surface area contributed by atoms with E-state index in [0.29, 0.717) is 28.7 Å². The summed E-state index contributed by atoms with van der Waals surface area (Å²) in [6.45, 7) is 2.30. The molecule has 0 saturated carbocycles. The van der Waals surface area contributed by atoms with Crippen molar-refractivity contribution in [2.24, 2.45) is 0 Å². The number of ether oxygens (including phenoxy) is 3. The Morgan fingerprint density at radius 2 is 2.00 bits per heavy atom. The van der Waals surface area contributed by atoms with E-state index in [-0.39, 0.29) is 18.7 Å². The first-order valence-corrected chi connectivity index (χ1v) is 10.7. The predicted octanol–water partition coefficient (Wildman–Crippen LogP) is 4.57. The largest absolute Gasteiger partial charge is 0.462 e. The molecule has 1 aromatic heterocycles. The van der Waals surface area contributed by atoms with E-state index in [4.69, 9.17) is 14.2 Å². The number of anilines is 1. The monoisotopic (exact) mass is 413 g/mol. The van der Waals surface area contributed by atoms with Crippen LogP contribution in [-0.4, -0.2) is 25.3 Å². The van der Waals surface area contributed by atoms with Gasteiger partial charge >= 0.3 is 5.97 Å². The minimum absolute atomic E-state index is 0.211. The van der Waals surface area contributed by atoms with Crippen LogP contribution in [0.15, 0.2) is 24.3 Å². The minimum Gasteiger partial charge on any atom is -0.462 e. The lowest BCUT2D eigenvalue weighted by atomic mass is 10.1. The molecule has 0 radical (unpaired) electrons. The SMILES string of the molecule is CCOC(=O)c1c(NC(=O)/C=C\c2ccc3c(c2)OCO3)sc2c1CCCCC2. The molecule has 2 heterocycles. The van der Waals surface area contributed by atoms with Gasteiger partial charge < -0.3 is 19.5 Å². The second kappa shape index (κ2) is 8.69. The summed E-state index contributed by atoms with van der Waals surface area (Å²) in [5.41, 5.74) is 2.40. The van der Waals surface area contributed by atoms with Crippen molar-refractivity contribution in [2.75, 3.05) is 18.7 Å². The summed E-state index contributed by atoms with van der Waals surface area (Å²) in [7, 11) is 0. The van der Waals surface area contributed by atoms with Crippen molar-refractivity contribution in [1.29, 1.82) is 0 Å². The molecule has 1 N–H and O–H groups in total. The van der Waals surface area contributed by atoms with Gasteiger partial charge in [-0.2, -0.15) is 0 Å². The summed E-state index contributed by atoms with van der Waals surface area (Å²) >= 11 is 1.49. The summed E-state index contributed by atoms with van der Waals surface area (Å²) in [6.07, 6.45) is 8.26. The first-order valence-electron chi connectivity index (χ1n) is 9.86. The molecule has 7 heteroatoms. The van der Waals surface area contributed by atoms with Crippen LogP contribution in [-0.2, 0) is 22.4 Å². The average molecular weight is 413 g/mol. The smallest absolute Gasteiger partial charge is 0.341 e. The van der Waals surface area contributed by atoms with Crippen LogP contribution in [0.3, 0.4) is 0 Å². The molecule has 1 aliphatic carbocycles. The van der Waals surface area contributed by atoms with Gasteiger partial charge in [-0.1, -0.05) is 12.5 Å². The number of nitrogens with one attached hydrogen (secondary N) is 1. The number of rotatable bonds is 5. The highest BCUT2D eigenvalue weighted by Crippen LogP contribution is 2.38. The highest BCUT2D eigenvalue weighted by Gasteiger charge is 2.26. The number of thiophene rings is 1. The van der Waals surface area contributed by atoms with Crippen molar-refractivity contribution < 1.29 is 23.8 Å². The summed E-state index contributed by atoms with van der Waals surface area (Å²) in [5, 5.41) is 3.47. The Balaban J connectivity index is 1.53. The molecule has 0 unspecified atom stereocenters. The fraction of sp³-hybridized carbons (Fsp3) is 0.364. The standard InChI is InChI=1S/C22H23NO5S/c1-2-26-22(25)20-15-6-4-3-5-7-18(15)29-21(20)23-19(24)11-9-14-8-10-16-17(12-14)28-13-27-16/h8-12H,2-7,13H2,1H3,(H,23,24)/b11-9-. The Hall–Kier alpha value is -2.80. The van der Waals surface area contributed by atoms with E-state index in [1.165, 1.54) is 22.3 Å². The fourth-order valence-corrected chi connectivity index (χ4v) is 4.87. The van der Waals surface area contributed by atoms with Crippen molar-refractivity contribution in [3.05, 3.63) is 45.8 Å². The normalized spacial score (nSPS) is 15.1. The van der Waals surface area contributed by atoms with Crippen LogP contribution in [0.1, 0.15) is 52.5 Å². The van der Waals surface area contributed by atoms with Gasteiger partial charge in [0, 0.05) is 11.0 Å². The number of hydrogen-bond acceptors (Lipinski definition) is 6. The molecule has 2 aromatic rings. The van der Waals surface area contributed by atoms with Crippen molar-refractivity contribution in [3.63, 3.8) is 0 Å². The Kier molecular flexibility index (Phi) is 5.85. The van der Waals surface area contributed by atoms with E-state index < -0.39 is 0 Å². The van der Waals surface area contributed by atoms with E-state index in [0.717, 1.165) is 43.2 Å². The highest BCUT2D eigenvalue weighted by molar-refractivity contribution is 7.17. The van der Waals surface area contributed by atoms with Crippen molar-refractivity contribution in [2.45, 2.75) is 39.0 Å². The molecule has 0 fully saturated rings. The van der Waals surface area contributed by atoms with E-state index in [1.807, 2.05) is 18.2 Å². The topological polar surface area (TPSA) is 73.9 Å². The number of fused-ring (bicyclic) bond motifs is 2. The quantitative estimate of drug-likeness (QED) is 0.441. The molecule has 0 atom stereocenters. The molecule has 29 heavy (non-hydrogen) atoms. The van der Waals surface area contributed by atoms with Gasteiger partial charge in [0.25, 0.3) is 0 Å². The fourth-order valence-electron chi connectivity index (χ4n) is 3.59. The number of carbonyl (C=O) groups is 2. The molecule has 0 bridgehead atoms. The van der Waals surface area contributed by atoms with Crippen LogP contribution in [0, 0.1) is 0 Å². The Morgan fingerprint density at radius 3 is 2.86 bits per heavy atom. The maximum Gasteiger partial charge on any atom is 0.341 e. The number of hydrogen-bond donors (Lipinski definition) is 1. The first-order chi connectivity index (χ1) is 14.2. The average Bonchev–Trinajstić information content (AvgIpc) is 3.24. The van der Waals surface area contributed by atoms with Crippen molar-refractivity contribution in [1.82, 2.24) is 0 Å². The molecule has 152 valence electrons. The van der Waals surface area contributed by atoms with Gasteiger partial charge in [0.05, 0.1) is 12.2 Å². The molecular weight excluding hydrogens is 390 g/mol. The molecule has 6 nitrogen and oxygen atoms in total. The second-order valence-corrected chi connectivity index (χ2v) is 8.03. The summed E-state index contributed by atoms with van der Waals surface area (Å²) in [4.78, 5) is 26.3. The van der Waals surface area contributed by atoms with Crippen molar-refractivity contribution >= 4 is 34.3 Å². The molecule has 1 amide bonds. The third kappa shape index (κ3) is 4.29. The van der Waals surface area contributed by atoms with Crippen LogP contribution >= 0.6 is 11.3 Å². The van der Waals surface area contributed by atoms with Gasteiger partial charge in [0.2, 0.25) is 12.7 Å². The number of carbonyl (C=O) groups excluding carboxylic acids is 2. The summed E-state index contributed by atoms with van der Waals surface area (Å²) < 4.78 is 15.9. The Labute approximate surface area is 173 Å². The number of amides is 1. The number of aryl methyl sites for hydroxylation is 1. The molecule has 4 rings (SSSR count). The maximum atomic E-state index is 12.6. The second-order valence-electron chi connectivity index (χ2n) is 6.92. The summed E-state index contributed by atoms with van der Waals surface area (Å²) in [5.74, 6) is 0.719. The zero-order chi connectivity index (χ0) is 20.2. The Morgan fingerprint density at radius 1 is 1.17 bits per heavy atom. The maximum absolute atomic E-state index is 12.6. The van der Waals surface area contributed by atoms with Gasteiger partial charge in [0.15, 0.2) is 11.5 Å². The molecule has 0 saturated heterocycles. The zero-order valence-electron chi connectivity index (χ0n) is 16.3. The number of benzene rings is 1. The van der Waals surface area contributed by atoms with Crippen molar-refractivity contribution in [3.8, 4) is 11.5 Å². The Bertz CT molecular complexity index is 962. The molecule has 2 aliphatic rings. The van der Waals surface area contributed by atoms with Gasteiger partial charge in [-0.15, -0.1) is 11.3 Å². The number of esters is 1. The van der Waals surface area contributed by atoms with E-state index in [2.05, 4.69) is 5.32 Å². The zero-order valence-corrected chi connectivity index (χ0v) is 17.1. The summed E-state index contributed by atoms with van der Waals surface area (Å²) in [6, 6.07) is 5.49. The van der Waals surface area contributed by atoms with Crippen LogP contribution in [0.25, 0.3) is 6.08 Å². The predicted molar refractivity (Wildman–Crippen MR) is 112 cm³/mol. The van der Waals surface area contributed by atoms with Gasteiger partial charge in [-0.05, 0) is 61.9 Å². The van der Waals surface area contributed by atoms with Crippen LogP contribution < -0.4 is 14.8 Å². The lowest BCUT2D eigenvalue weighted by Gasteiger charge is -2.07. The third-order valence-corrected chi connectivity index (χ3v) is 6.17. The van der Waals surface area contributed by atoms with Gasteiger partial charge in [-0.3, -0.25) is 4.79 Å². The van der Waals surface area contributed by atoms with Gasteiger partial charge in [0.1, 0.15) is 5.00 Å².